The van der Waals surface area contributed by atoms with Crippen LogP contribution in [0.1, 0.15) is 34.0 Å². The van der Waals surface area contributed by atoms with E-state index < -0.39 is 34.6 Å². The fourth-order valence-corrected chi connectivity index (χ4v) is 2.95. The van der Waals surface area contributed by atoms with Crippen molar-refractivity contribution in [3.8, 4) is 5.75 Å². The molecule has 0 amide bonds. The second kappa shape index (κ2) is 8.05. The van der Waals surface area contributed by atoms with Crippen LogP contribution in [-0.4, -0.2) is 32.6 Å². The molecule has 0 aliphatic carbocycles. The fraction of sp³-hybridized carbons (Fsp3) is 0.250. The molecule has 0 atom stereocenters. The predicted molar refractivity (Wildman–Crippen MR) is 99.7 cm³/mol. The van der Waals surface area contributed by atoms with Crippen LogP contribution in [0.25, 0.3) is 11.0 Å². The number of fused-ring (bicyclic) bond motifs is 1. The molecule has 3 rings (SSSR count). The molecule has 0 radical (unpaired) electrons. The first-order valence-corrected chi connectivity index (χ1v) is 8.92. The molecule has 0 fully saturated rings. The topological polar surface area (TPSA) is 102 Å². The van der Waals surface area contributed by atoms with Gasteiger partial charge in [-0.1, -0.05) is 12.1 Å². The Morgan fingerprint density at radius 2 is 1.80 bits per heavy atom. The number of hydrogen-bond donors (Lipinski definition) is 2. The van der Waals surface area contributed by atoms with Gasteiger partial charge in [-0.15, -0.1) is 4.73 Å². The van der Waals surface area contributed by atoms with Crippen molar-refractivity contribution in [2.24, 2.45) is 0 Å². The Labute approximate surface area is 167 Å². The number of rotatable bonds is 5. The average molecular weight is 422 g/mol. The fourth-order valence-electron chi connectivity index (χ4n) is 2.95. The minimum absolute atomic E-state index is 0.0351. The van der Waals surface area contributed by atoms with E-state index >= 15 is 0 Å². The average Bonchev–Trinajstić information content (AvgIpc) is 2.70. The number of aromatic hydroxyl groups is 1. The quantitative estimate of drug-likeness (QED) is 0.483. The number of aromatic nitrogens is 2. The summed E-state index contributed by atoms with van der Waals surface area (Å²) in [5.74, 6) is -1.75. The molecule has 0 spiro atoms. The van der Waals surface area contributed by atoms with E-state index in [-0.39, 0.29) is 22.4 Å². The highest BCUT2D eigenvalue weighted by Gasteiger charge is 2.30. The molecule has 0 saturated carbocycles. The lowest BCUT2D eigenvalue weighted by atomic mass is 10.0. The summed E-state index contributed by atoms with van der Waals surface area (Å²) < 4.78 is 42.8. The molecule has 0 unspecified atom stereocenters. The number of pyridine rings is 2. The Bertz CT molecular complexity index is 1150. The molecule has 2 aromatic heterocycles. The molecule has 30 heavy (non-hydrogen) atoms. The summed E-state index contributed by atoms with van der Waals surface area (Å²) in [6.07, 6.45) is -2.31. The first kappa shape index (κ1) is 21.2. The number of ether oxygens (including phenoxy) is 1. The largest absolute Gasteiger partial charge is 0.506 e. The zero-order chi connectivity index (χ0) is 22.1. The SMILES string of the molecule is CCOC(=O)c1c(O)c2cc(CCc3ccc(C(F)(F)F)cc3)cnc2n(O)c1=O. The summed E-state index contributed by atoms with van der Waals surface area (Å²) in [5, 5.41) is 20.4. The van der Waals surface area contributed by atoms with Gasteiger partial charge in [-0.05, 0) is 49.1 Å². The number of carbonyl (C=O) groups excluding carboxylic acids is 1. The Kier molecular flexibility index (Phi) is 5.68. The van der Waals surface area contributed by atoms with Crippen molar-refractivity contribution in [3.05, 3.63) is 69.1 Å². The number of aryl methyl sites for hydroxylation is 2. The second-order valence-electron chi connectivity index (χ2n) is 6.47. The van der Waals surface area contributed by atoms with E-state index in [0.717, 1.165) is 12.1 Å². The first-order valence-electron chi connectivity index (χ1n) is 8.92. The van der Waals surface area contributed by atoms with Gasteiger partial charge in [0.1, 0.15) is 5.75 Å². The van der Waals surface area contributed by atoms with Gasteiger partial charge in [0.25, 0.3) is 0 Å². The van der Waals surface area contributed by atoms with Crippen LogP contribution in [0.5, 0.6) is 5.75 Å². The maximum absolute atomic E-state index is 12.6. The Morgan fingerprint density at radius 3 is 2.40 bits per heavy atom. The molecule has 1 aromatic carbocycles. The molecule has 7 nitrogen and oxygen atoms in total. The molecular formula is C20H17F3N2O5. The zero-order valence-electron chi connectivity index (χ0n) is 15.7. The number of esters is 1. The summed E-state index contributed by atoms with van der Waals surface area (Å²) in [4.78, 5) is 28.1. The maximum Gasteiger partial charge on any atom is 0.416 e. The highest BCUT2D eigenvalue weighted by atomic mass is 19.4. The highest BCUT2D eigenvalue weighted by Crippen LogP contribution is 2.29. The van der Waals surface area contributed by atoms with Gasteiger partial charge in [0.05, 0.1) is 17.6 Å². The summed E-state index contributed by atoms with van der Waals surface area (Å²) in [6.45, 7) is 1.49. The minimum atomic E-state index is -4.41. The van der Waals surface area contributed by atoms with Gasteiger partial charge in [-0.3, -0.25) is 4.79 Å². The first-order chi connectivity index (χ1) is 14.1. The smallest absolute Gasteiger partial charge is 0.416 e. The molecule has 2 heterocycles. The van der Waals surface area contributed by atoms with Gasteiger partial charge < -0.3 is 15.1 Å². The number of alkyl halides is 3. The van der Waals surface area contributed by atoms with Crippen molar-refractivity contribution in [2.75, 3.05) is 6.61 Å². The van der Waals surface area contributed by atoms with Crippen molar-refractivity contribution < 1.29 is 33.0 Å². The molecule has 3 aromatic rings. The van der Waals surface area contributed by atoms with E-state index in [1.54, 1.807) is 0 Å². The third-order valence-electron chi connectivity index (χ3n) is 4.49. The van der Waals surface area contributed by atoms with E-state index in [1.165, 1.54) is 31.3 Å². The van der Waals surface area contributed by atoms with E-state index in [1.807, 2.05) is 0 Å². The molecule has 158 valence electrons. The number of halogens is 3. The standard InChI is InChI=1S/C20H17F3N2O5/c1-2-30-19(28)15-16(26)14-9-12(10-24-17(14)25(29)18(15)27)4-3-11-5-7-13(8-6-11)20(21,22)23/h5-10,26,29H,2-4H2,1H3. The van der Waals surface area contributed by atoms with E-state index in [4.69, 9.17) is 4.74 Å². The molecule has 0 aliphatic heterocycles. The van der Waals surface area contributed by atoms with Crippen LogP contribution in [0.15, 0.2) is 41.3 Å². The second-order valence-corrected chi connectivity index (χ2v) is 6.47. The third kappa shape index (κ3) is 4.07. The van der Waals surface area contributed by atoms with Gasteiger partial charge in [-0.25, -0.2) is 9.78 Å². The predicted octanol–water partition coefficient (Wildman–Crippen LogP) is 3.32. The van der Waals surface area contributed by atoms with Crippen molar-refractivity contribution >= 4 is 17.0 Å². The van der Waals surface area contributed by atoms with Gasteiger partial charge in [0, 0.05) is 6.20 Å². The molecule has 0 aliphatic rings. The molecule has 0 saturated heterocycles. The van der Waals surface area contributed by atoms with Crippen LogP contribution < -0.4 is 5.56 Å². The van der Waals surface area contributed by atoms with E-state index in [2.05, 4.69) is 4.98 Å². The molecular weight excluding hydrogens is 405 g/mol. The number of carbonyl (C=O) groups is 1. The van der Waals surface area contributed by atoms with Crippen LogP contribution in [0.3, 0.4) is 0 Å². The number of nitrogens with zero attached hydrogens (tertiary/aromatic N) is 2. The summed E-state index contributed by atoms with van der Waals surface area (Å²) in [7, 11) is 0. The van der Waals surface area contributed by atoms with Gasteiger partial charge in [0.2, 0.25) is 0 Å². The van der Waals surface area contributed by atoms with Crippen LogP contribution in [0.2, 0.25) is 0 Å². The van der Waals surface area contributed by atoms with Crippen LogP contribution in [0.4, 0.5) is 13.2 Å². The van der Waals surface area contributed by atoms with Gasteiger partial charge in [-0.2, -0.15) is 13.2 Å². The lowest BCUT2D eigenvalue weighted by Gasteiger charge is -2.11. The lowest BCUT2D eigenvalue weighted by molar-refractivity contribution is -0.137. The summed E-state index contributed by atoms with van der Waals surface area (Å²) in [6, 6.07) is 6.18. The Balaban J connectivity index is 1.91. The monoisotopic (exact) mass is 422 g/mol. The zero-order valence-corrected chi connectivity index (χ0v) is 15.7. The van der Waals surface area contributed by atoms with Gasteiger partial charge >= 0.3 is 17.7 Å². The third-order valence-corrected chi connectivity index (χ3v) is 4.49. The van der Waals surface area contributed by atoms with Gasteiger partial charge in [0.15, 0.2) is 11.2 Å². The minimum Gasteiger partial charge on any atom is -0.506 e. The molecule has 2 N–H and O–H groups in total. The van der Waals surface area contributed by atoms with Crippen LogP contribution >= 0.6 is 0 Å². The summed E-state index contributed by atoms with van der Waals surface area (Å²) >= 11 is 0. The highest BCUT2D eigenvalue weighted by molar-refractivity contribution is 5.98. The number of hydrogen-bond acceptors (Lipinski definition) is 6. The van der Waals surface area contributed by atoms with Crippen molar-refractivity contribution in [1.82, 2.24) is 9.71 Å². The van der Waals surface area contributed by atoms with E-state index in [0.29, 0.717) is 24.0 Å². The van der Waals surface area contributed by atoms with Crippen LogP contribution in [-0.2, 0) is 23.8 Å². The lowest BCUT2D eigenvalue weighted by Crippen LogP contribution is -2.27. The van der Waals surface area contributed by atoms with E-state index in [9.17, 15) is 33.1 Å². The summed E-state index contributed by atoms with van der Waals surface area (Å²) in [5.41, 5.74) is -1.63. The van der Waals surface area contributed by atoms with Crippen molar-refractivity contribution in [1.29, 1.82) is 0 Å². The van der Waals surface area contributed by atoms with Crippen molar-refractivity contribution in [3.63, 3.8) is 0 Å². The molecule has 10 heteroatoms. The van der Waals surface area contributed by atoms with Crippen LogP contribution in [0, 0.1) is 0 Å². The van der Waals surface area contributed by atoms with Crippen molar-refractivity contribution in [2.45, 2.75) is 25.9 Å². The maximum atomic E-state index is 12.6. The Morgan fingerprint density at radius 1 is 1.17 bits per heavy atom. The number of benzene rings is 1. The molecule has 0 bridgehead atoms. The Hall–Kier alpha value is -3.56. The normalized spacial score (nSPS) is 11.6.